The number of nitrogens with zero attached hydrogens (tertiary/aromatic N) is 5. The van der Waals surface area contributed by atoms with Crippen molar-refractivity contribution in [2.75, 3.05) is 0 Å². The van der Waals surface area contributed by atoms with Gasteiger partial charge in [0.05, 0.1) is 35.0 Å². The molecule has 2 N–H and O–H groups in total. The molecule has 0 aromatic carbocycles. The Kier molecular flexibility index (Phi) is 3.71. The van der Waals surface area contributed by atoms with Crippen LogP contribution in [0.4, 0.5) is 0 Å². The van der Waals surface area contributed by atoms with E-state index in [0.29, 0.717) is 17.0 Å². The van der Waals surface area contributed by atoms with Crippen molar-refractivity contribution in [1.82, 2.24) is 24.0 Å². The summed E-state index contributed by atoms with van der Waals surface area (Å²) in [6.45, 7) is 3.78. The average Bonchev–Trinajstić information content (AvgIpc) is 2.99. The third-order valence-corrected chi connectivity index (χ3v) is 3.90. The molecule has 4 aromatic heterocycles. The lowest BCUT2D eigenvalue weighted by molar-refractivity contribution is 0.287. The number of fused-ring (bicyclic) bond motifs is 2. The summed E-state index contributed by atoms with van der Waals surface area (Å²) in [6.07, 6.45) is 3.15. The van der Waals surface area contributed by atoms with Gasteiger partial charge in [0.2, 0.25) is 0 Å². The zero-order valence-corrected chi connectivity index (χ0v) is 14.0. The van der Waals surface area contributed by atoms with E-state index in [0.717, 1.165) is 16.9 Å². The maximum absolute atomic E-state index is 12.4. The van der Waals surface area contributed by atoms with Gasteiger partial charge in [-0.15, -0.1) is 0 Å². The number of aromatic nitrogens is 5. The Morgan fingerprint density at radius 3 is 2.65 bits per heavy atom. The van der Waals surface area contributed by atoms with E-state index < -0.39 is 7.32 Å². The molecular formula is C16H14BN5O4. The lowest BCUT2D eigenvalue weighted by atomic mass is 10.2. The maximum Gasteiger partial charge on any atom is 0.707 e. The second kappa shape index (κ2) is 5.93. The summed E-state index contributed by atoms with van der Waals surface area (Å²) in [7, 11) is -1.96. The van der Waals surface area contributed by atoms with Gasteiger partial charge >= 0.3 is 7.32 Å². The molecule has 4 aromatic rings. The van der Waals surface area contributed by atoms with E-state index in [4.69, 9.17) is 14.7 Å². The van der Waals surface area contributed by atoms with E-state index in [-0.39, 0.29) is 11.3 Å². The van der Waals surface area contributed by atoms with Crippen LogP contribution in [0.25, 0.3) is 22.6 Å². The standard InChI is InChI=1S/C16H14BN5O4/c1-9-7-22-14(10(2)18-9)5-13(20-22)12-6-16(23)21-8-11(26-17(24)25)3-4-15(21)19-12/h3-8,24-25H,1-2H3. The SMILES string of the molecule is Cc1cn2nc(-c3cc(=O)n4cc(OB(O)O)ccc4n3)cc2c(C)n1. The monoisotopic (exact) mass is 351 g/mol. The Labute approximate surface area is 147 Å². The number of pyridine rings is 1. The van der Waals surface area contributed by atoms with E-state index in [1.165, 1.54) is 22.7 Å². The highest BCUT2D eigenvalue weighted by atomic mass is 16.6. The minimum atomic E-state index is -1.96. The average molecular weight is 351 g/mol. The summed E-state index contributed by atoms with van der Waals surface area (Å²) in [5.74, 6) is 0.133. The van der Waals surface area contributed by atoms with Crippen molar-refractivity contribution >= 4 is 18.5 Å². The van der Waals surface area contributed by atoms with Crippen LogP contribution >= 0.6 is 0 Å². The van der Waals surface area contributed by atoms with Gasteiger partial charge in [-0.2, -0.15) is 5.10 Å². The highest BCUT2D eigenvalue weighted by Gasteiger charge is 2.14. The highest BCUT2D eigenvalue weighted by molar-refractivity contribution is 6.33. The molecule has 26 heavy (non-hydrogen) atoms. The van der Waals surface area contributed by atoms with Gasteiger partial charge in [-0.25, -0.2) is 9.50 Å². The van der Waals surface area contributed by atoms with Gasteiger partial charge < -0.3 is 14.7 Å². The smallest absolute Gasteiger partial charge is 0.511 e. The Hall–Kier alpha value is -3.24. The largest absolute Gasteiger partial charge is 0.707 e. The first-order valence-electron chi connectivity index (χ1n) is 7.81. The fraction of sp³-hybridized carbons (Fsp3) is 0.125. The summed E-state index contributed by atoms with van der Waals surface area (Å²) < 4.78 is 7.73. The van der Waals surface area contributed by atoms with E-state index in [2.05, 4.69) is 15.1 Å². The van der Waals surface area contributed by atoms with E-state index in [1.807, 2.05) is 26.1 Å². The van der Waals surface area contributed by atoms with E-state index in [1.54, 1.807) is 10.6 Å². The van der Waals surface area contributed by atoms with Crippen molar-refractivity contribution in [3.63, 3.8) is 0 Å². The molecule has 0 unspecified atom stereocenters. The van der Waals surface area contributed by atoms with E-state index in [9.17, 15) is 4.79 Å². The van der Waals surface area contributed by atoms with Crippen molar-refractivity contribution in [2.45, 2.75) is 13.8 Å². The Bertz CT molecular complexity index is 1200. The van der Waals surface area contributed by atoms with Crippen LogP contribution in [-0.2, 0) is 0 Å². The minimum Gasteiger partial charge on any atom is -0.511 e. The molecule has 0 aliphatic carbocycles. The van der Waals surface area contributed by atoms with Gasteiger partial charge in [0.15, 0.2) is 0 Å². The predicted molar refractivity (Wildman–Crippen MR) is 93.7 cm³/mol. The van der Waals surface area contributed by atoms with Gasteiger partial charge in [-0.3, -0.25) is 14.2 Å². The first-order chi connectivity index (χ1) is 12.4. The van der Waals surface area contributed by atoms with Crippen molar-refractivity contribution in [3.05, 3.63) is 58.4 Å². The zero-order chi connectivity index (χ0) is 18.4. The highest BCUT2D eigenvalue weighted by Crippen LogP contribution is 2.20. The molecule has 4 rings (SSSR count). The molecule has 4 heterocycles. The Morgan fingerprint density at radius 2 is 1.88 bits per heavy atom. The minimum absolute atomic E-state index is 0.133. The second-order valence-electron chi connectivity index (χ2n) is 5.84. The van der Waals surface area contributed by atoms with Crippen LogP contribution in [0.5, 0.6) is 5.75 Å². The van der Waals surface area contributed by atoms with Gasteiger partial charge in [0.1, 0.15) is 17.1 Å². The van der Waals surface area contributed by atoms with Crippen LogP contribution < -0.4 is 10.2 Å². The molecule has 9 nitrogen and oxygen atoms in total. The molecule has 0 bridgehead atoms. The summed E-state index contributed by atoms with van der Waals surface area (Å²) in [6, 6.07) is 6.24. The summed E-state index contributed by atoms with van der Waals surface area (Å²) in [4.78, 5) is 21.3. The number of hydrogen-bond donors (Lipinski definition) is 2. The second-order valence-corrected chi connectivity index (χ2v) is 5.84. The van der Waals surface area contributed by atoms with Crippen LogP contribution in [0, 0.1) is 13.8 Å². The van der Waals surface area contributed by atoms with Gasteiger partial charge in [0.25, 0.3) is 5.56 Å². The van der Waals surface area contributed by atoms with Crippen LogP contribution in [-0.4, -0.2) is 41.4 Å². The first-order valence-corrected chi connectivity index (χ1v) is 7.81. The number of hydrogen-bond acceptors (Lipinski definition) is 7. The molecule has 0 saturated carbocycles. The fourth-order valence-electron chi connectivity index (χ4n) is 2.82. The lowest BCUT2D eigenvalue weighted by Crippen LogP contribution is -2.21. The number of rotatable bonds is 3. The zero-order valence-electron chi connectivity index (χ0n) is 14.0. The normalized spacial score (nSPS) is 11.2. The number of aryl methyl sites for hydroxylation is 2. The molecule has 0 saturated heterocycles. The predicted octanol–water partition coefficient (Wildman–Crippen LogP) is 0.369. The molecule has 10 heteroatoms. The topological polar surface area (TPSA) is 114 Å². The van der Waals surface area contributed by atoms with Crippen LogP contribution in [0.15, 0.2) is 41.5 Å². The van der Waals surface area contributed by atoms with Crippen molar-refractivity contribution in [2.24, 2.45) is 0 Å². The molecule has 0 aliphatic rings. The summed E-state index contributed by atoms with van der Waals surface area (Å²) in [5.41, 5.74) is 3.56. The molecule has 130 valence electrons. The van der Waals surface area contributed by atoms with Crippen LogP contribution in [0.2, 0.25) is 0 Å². The lowest BCUT2D eigenvalue weighted by Gasteiger charge is -2.07. The summed E-state index contributed by atoms with van der Waals surface area (Å²) in [5, 5.41) is 22.2. The molecule has 0 atom stereocenters. The molecule has 0 spiro atoms. The van der Waals surface area contributed by atoms with Gasteiger partial charge in [-0.05, 0) is 32.0 Å². The third-order valence-electron chi connectivity index (χ3n) is 3.90. The van der Waals surface area contributed by atoms with Crippen molar-refractivity contribution < 1.29 is 14.7 Å². The Balaban J connectivity index is 1.85. The van der Waals surface area contributed by atoms with Crippen LogP contribution in [0.1, 0.15) is 11.4 Å². The van der Waals surface area contributed by atoms with Gasteiger partial charge in [0, 0.05) is 6.07 Å². The molecule has 0 amide bonds. The van der Waals surface area contributed by atoms with Gasteiger partial charge in [-0.1, -0.05) is 0 Å². The van der Waals surface area contributed by atoms with Crippen LogP contribution in [0.3, 0.4) is 0 Å². The first kappa shape index (κ1) is 16.2. The quantitative estimate of drug-likeness (QED) is 0.513. The third kappa shape index (κ3) is 2.81. The molecule has 0 radical (unpaired) electrons. The van der Waals surface area contributed by atoms with Crippen molar-refractivity contribution in [1.29, 1.82) is 0 Å². The molecular weight excluding hydrogens is 337 g/mol. The maximum atomic E-state index is 12.4. The van der Waals surface area contributed by atoms with Crippen molar-refractivity contribution in [3.8, 4) is 17.1 Å². The molecule has 0 aliphatic heterocycles. The Morgan fingerprint density at radius 1 is 1.08 bits per heavy atom. The molecule has 0 fully saturated rings. The fourth-order valence-corrected chi connectivity index (χ4v) is 2.82. The van der Waals surface area contributed by atoms with E-state index >= 15 is 0 Å². The summed E-state index contributed by atoms with van der Waals surface area (Å²) >= 11 is 0.